The van der Waals surface area contributed by atoms with Crippen LogP contribution in [0.5, 0.6) is 0 Å². The molecule has 1 radical (unpaired) electrons. The first-order chi connectivity index (χ1) is 17.5. The van der Waals surface area contributed by atoms with Crippen LogP contribution in [0.2, 0.25) is 15.1 Å². The number of halogens is 3. The summed E-state index contributed by atoms with van der Waals surface area (Å²) >= 11 is 16.7. The zero-order valence-electron chi connectivity index (χ0n) is 20.5. The summed E-state index contributed by atoms with van der Waals surface area (Å²) in [4.78, 5) is -1.29. The van der Waals surface area contributed by atoms with Crippen molar-refractivity contribution in [1.82, 2.24) is 0 Å². The van der Waals surface area contributed by atoms with E-state index >= 15 is 0 Å². The van der Waals surface area contributed by atoms with Gasteiger partial charge in [0.25, 0.3) is 0 Å². The largest absolute Gasteiger partial charge is 3.00 e. The zero-order chi connectivity index (χ0) is 30.7. The molecule has 6 N–H and O–H groups in total. The van der Waals surface area contributed by atoms with Gasteiger partial charge in [-0.15, -0.1) is 0 Å². The van der Waals surface area contributed by atoms with Gasteiger partial charge < -0.3 is 30.9 Å². The fourth-order valence-electron chi connectivity index (χ4n) is 3.05. The van der Waals surface area contributed by atoms with Crippen LogP contribution in [0.1, 0.15) is 16.7 Å². The summed E-state index contributed by atoms with van der Waals surface area (Å²) in [5, 5.41) is 0.208. The Kier molecular flexibility index (Phi) is 13.7. The molecule has 0 saturated heterocycles. The van der Waals surface area contributed by atoms with Crippen molar-refractivity contribution in [2.75, 3.05) is 17.2 Å². The van der Waals surface area contributed by atoms with Gasteiger partial charge in [0.2, 0.25) is 0 Å². The minimum atomic E-state index is -4.55. The molecule has 0 aromatic heterocycles. The van der Waals surface area contributed by atoms with Crippen LogP contribution in [-0.2, 0) is 46.8 Å². The Bertz CT molecular complexity index is 1530. The van der Waals surface area contributed by atoms with E-state index in [0.29, 0.717) is 16.7 Å². The summed E-state index contributed by atoms with van der Waals surface area (Å²) in [6.45, 7) is 4.45. The van der Waals surface area contributed by atoms with Gasteiger partial charge in [0, 0.05) is 0 Å². The number of nitrogens with two attached hydrogens (primary N) is 3. The van der Waals surface area contributed by atoms with Crippen LogP contribution in [0.3, 0.4) is 0 Å². The Hall–Kier alpha value is -1.85. The SMILES string of the molecule is Cc1ccc(Cl)c(N)c1S(=O)(=O)[O-].Cc1ccc(Cl)c(N)c1S(=O)(=O)[O-].Cc1ccc(Cl)c(N)c1S(=O)(=O)[O-].[Ni+3]. The molecule has 3 aromatic carbocycles. The fraction of sp³-hybridized carbons (Fsp3) is 0.143. The van der Waals surface area contributed by atoms with E-state index in [1.165, 1.54) is 57.2 Å². The standard InChI is InChI=1S/3C7H8ClNO3S.Ni/c3*1-4-2-3-5(8)6(9)7(4)13(10,11)12;/h3*2-3H,9H2,1H3,(H,10,11,12);/q;;;+3/p-3. The summed E-state index contributed by atoms with van der Waals surface area (Å²) in [6.07, 6.45) is 0. The van der Waals surface area contributed by atoms with Crippen LogP contribution in [0, 0.1) is 20.8 Å². The number of hydrogen-bond acceptors (Lipinski definition) is 12. The van der Waals surface area contributed by atoms with E-state index in [2.05, 4.69) is 0 Å². The average Bonchev–Trinajstić information content (AvgIpc) is 2.75. The number of aryl methyl sites for hydroxylation is 3. The number of nitrogen functional groups attached to an aromatic ring is 3. The third-order valence-corrected chi connectivity index (χ3v) is 8.88. The van der Waals surface area contributed by atoms with Crippen LogP contribution >= 0.6 is 34.8 Å². The molecule has 0 aliphatic rings. The maximum atomic E-state index is 10.7. The van der Waals surface area contributed by atoms with E-state index in [0.717, 1.165) is 0 Å². The number of hydrogen-bond donors (Lipinski definition) is 3. The first-order valence-corrected chi connectivity index (χ1v) is 15.4. The van der Waals surface area contributed by atoms with Crippen molar-refractivity contribution in [1.29, 1.82) is 0 Å². The van der Waals surface area contributed by atoms with E-state index in [4.69, 9.17) is 52.0 Å². The predicted octanol–water partition coefficient (Wildman–Crippen LogP) is 3.40. The Balaban J connectivity index is 0.000000563. The van der Waals surface area contributed by atoms with Gasteiger partial charge in [-0.1, -0.05) is 53.0 Å². The van der Waals surface area contributed by atoms with E-state index in [9.17, 15) is 38.9 Å². The molecular formula is C21H21Cl3N3NiO9S3. The molecular weight excluding hydrogens is 699 g/mol. The molecule has 0 atom stereocenters. The van der Waals surface area contributed by atoms with Crippen LogP contribution in [0.4, 0.5) is 17.1 Å². The molecule has 0 saturated carbocycles. The Morgan fingerprint density at radius 3 is 0.800 bits per heavy atom. The predicted molar refractivity (Wildman–Crippen MR) is 146 cm³/mol. The van der Waals surface area contributed by atoms with Crippen LogP contribution in [-0.4, -0.2) is 38.9 Å². The van der Waals surface area contributed by atoms with Crippen LogP contribution in [0.15, 0.2) is 51.1 Å². The smallest absolute Gasteiger partial charge is 0.744 e. The van der Waals surface area contributed by atoms with E-state index < -0.39 is 45.0 Å². The second kappa shape index (κ2) is 14.4. The summed E-state index contributed by atoms with van der Waals surface area (Å²) in [5.74, 6) is 0. The molecule has 3 aromatic rings. The first kappa shape index (κ1) is 38.2. The Morgan fingerprint density at radius 2 is 0.675 bits per heavy atom. The number of benzene rings is 3. The fourth-order valence-corrected chi connectivity index (χ4v) is 6.21. The summed E-state index contributed by atoms with van der Waals surface area (Å²) in [7, 11) is -13.6. The minimum Gasteiger partial charge on any atom is -0.744 e. The summed E-state index contributed by atoms with van der Waals surface area (Å²) < 4.78 is 96.6. The molecule has 0 amide bonds. The van der Waals surface area contributed by atoms with Crippen molar-refractivity contribution in [3.8, 4) is 0 Å². The molecule has 0 unspecified atom stereocenters. The third kappa shape index (κ3) is 9.91. The van der Waals surface area contributed by atoms with Crippen LogP contribution in [0.25, 0.3) is 0 Å². The van der Waals surface area contributed by atoms with Crippen molar-refractivity contribution < 1.29 is 55.4 Å². The van der Waals surface area contributed by atoms with Gasteiger partial charge in [0.15, 0.2) is 0 Å². The molecule has 19 heteroatoms. The molecule has 12 nitrogen and oxygen atoms in total. The van der Waals surface area contributed by atoms with Gasteiger partial charge in [-0.2, -0.15) is 0 Å². The van der Waals surface area contributed by atoms with Crippen molar-refractivity contribution in [2.24, 2.45) is 0 Å². The van der Waals surface area contributed by atoms with Gasteiger partial charge in [0.05, 0.1) is 46.8 Å². The van der Waals surface area contributed by atoms with Crippen LogP contribution < -0.4 is 17.2 Å². The molecule has 0 aliphatic heterocycles. The van der Waals surface area contributed by atoms with E-state index in [1.807, 2.05) is 0 Å². The van der Waals surface area contributed by atoms with Gasteiger partial charge in [-0.05, 0) is 55.7 Å². The van der Waals surface area contributed by atoms with E-state index in [-0.39, 0.29) is 48.6 Å². The Labute approximate surface area is 257 Å². The third-order valence-electron chi connectivity index (χ3n) is 4.77. The van der Waals surface area contributed by atoms with Gasteiger partial charge in [-0.3, -0.25) is 0 Å². The number of anilines is 3. The zero-order valence-corrected chi connectivity index (χ0v) is 26.3. The van der Waals surface area contributed by atoms with Crippen molar-refractivity contribution >= 4 is 82.2 Å². The topological polar surface area (TPSA) is 250 Å². The Morgan fingerprint density at radius 1 is 0.500 bits per heavy atom. The second-order valence-electron chi connectivity index (χ2n) is 7.68. The van der Waals surface area contributed by atoms with Gasteiger partial charge in [0.1, 0.15) is 30.4 Å². The molecule has 40 heavy (non-hydrogen) atoms. The summed E-state index contributed by atoms with van der Waals surface area (Å²) in [6, 6.07) is 8.64. The molecule has 0 heterocycles. The van der Waals surface area contributed by atoms with Gasteiger partial charge in [-0.25, -0.2) is 25.3 Å². The monoisotopic (exact) mass is 718 g/mol. The average molecular weight is 721 g/mol. The van der Waals surface area contributed by atoms with E-state index in [1.54, 1.807) is 0 Å². The first-order valence-electron chi connectivity index (χ1n) is 10.0. The normalized spacial score (nSPS) is 11.3. The summed E-state index contributed by atoms with van der Waals surface area (Å²) in [5.41, 5.74) is 16.4. The molecule has 0 aliphatic carbocycles. The second-order valence-corrected chi connectivity index (χ2v) is 12.9. The maximum absolute atomic E-state index is 10.7. The van der Waals surface area contributed by atoms with Crippen molar-refractivity contribution in [3.63, 3.8) is 0 Å². The molecule has 0 spiro atoms. The molecule has 0 bridgehead atoms. The molecule has 223 valence electrons. The minimum absolute atomic E-state index is 0. The quantitative estimate of drug-likeness (QED) is 0.200. The molecule has 3 rings (SSSR count). The van der Waals surface area contributed by atoms with Crippen molar-refractivity contribution in [2.45, 2.75) is 35.5 Å². The maximum Gasteiger partial charge on any atom is 3.00 e. The molecule has 0 fully saturated rings. The van der Waals surface area contributed by atoms with Gasteiger partial charge >= 0.3 is 16.5 Å². The number of rotatable bonds is 3. The van der Waals surface area contributed by atoms with Crippen molar-refractivity contribution in [3.05, 3.63) is 68.2 Å².